The second-order valence-corrected chi connectivity index (χ2v) is 7.66. The normalized spacial score (nSPS) is 19.5. The van der Waals surface area contributed by atoms with Crippen molar-refractivity contribution in [3.63, 3.8) is 0 Å². The lowest BCUT2D eigenvalue weighted by molar-refractivity contribution is 0.0720. The SMILES string of the molecule is COc1ccc(C(=O)N2CCC[C@H]2Cn2cc(C(=O)NC3CCCC3)nn2)cn1. The molecule has 3 heterocycles. The molecule has 2 fully saturated rings. The van der Waals surface area contributed by atoms with Crippen molar-refractivity contribution in [2.75, 3.05) is 13.7 Å². The maximum Gasteiger partial charge on any atom is 0.273 e. The van der Waals surface area contributed by atoms with Crippen LogP contribution in [0, 0.1) is 0 Å². The van der Waals surface area contributed by atoms with Gasteiger partial charge in [0.25, 0.3) is 11.8 Å². The summed E-state index contributed by atoms with van der Waals surface area (Å²) in [5, 5.41) is 11.1. The van der Waals surface area contributed by atoms with Crippen molar-refractivity contribution in [2.24, 2.45) is 0 Å². The predicted octanol–water partition coefficient (Wildman–Crippen LogP) is 1.66. The molecule has 0 spiro atoms. The van der Waals surface area contributed by atoms with Gasteiger partial charge in [0.1, 0.15) is 0 Å². The van der Waals surface area contributed by atoms with Crippen LogP contribution in [0.5, 0.6) is 5.88 Å². The summed E-state index contributed by atoms with van der Waals surface area (Å²) in [6, 6.07) is 3.67. The van der Waals surface area contributed by atoms with Crippen molar-refractivity contribution >= 4 is 11.8 Å². The Bertz CT molecular complexity index is 859. The Kier molecular flexibility index (Phi) is 5.73. The Labute approximate surface area is 169 Å². The van der Waals surface area contributed by atoms with Gasteiger partial charge < -0.3 is 15.0 Å². The van der Waals surface area contributed by atoms with Gasteiger partial charge in [0.05, 0.1) is 31.5 Å². The van der Waals surface area contributed by atoms with Crippen molar-refractivity contribution in [3.05, 3.63) is 35.8 Å². The Hall–Kier alpha value is -2.97. The van der Waals surface area contributed by atoms with Crippen LogP contribution in [-0.2, 0) is 6.54 Å². The number of aromatic nitrogens is 4. The topological polar surface area (TPSA) is 102 Å². The van der Waals surface area contributed by atoms with Crippen LogP contribution in [0.3, 0.4) is 0 Å². The third-order valence-electron chi connectivity index (χ3n) is 5.69. The van der Waals surface area contributed by atoms with Crippen LogP contribution in [-0.4, -0.2) is 62.4 Å². The van der Waals surface area contributed by atoms with Gasteiger partial charge in [-0.2, -0.15) is 0 Å². The molecular weight excluding hydrogens is 372 g/mol. The Morgan fingerprint density at radius 2 is 2.03 bits per heavy atom. The maximum atomic E-state index is 12.9. The fourth-order valence-corrected chi connectivity index (χ4v) is 4.12. The molecule has 0 radical (unpaired) electrons. The second-order valence-electron chi connectivity index (χ2n) is 7.66. The molecule has 1 N–H and O–H groups in total. The van der Waals surface area contributed by atoms with Crippen LogP contribution in [0.4, 0.5) is 0 Å². The zero-order valence-corrected chi connectivity index (χ0v) is 16.6. The molecule has 0 aromatic carbocycles. The van der Waals surface area contributed by atoms with Crippen LogP contribution in [0.2, 0.25) is 0 Å². The molecule has 1 saturated carbocycles. The minimum Gasteiger partial charge on any atom is -0.481 e. The van der Waals surface area contributed by atoms with Gasteiger partial charge in [-0.05, 0) is 31.7 Å². The van der Waals surface area contributed by atoms with E-state index in [-0.39, 0.29) is 23.9 Å². The average molecular weight is 398 g/mol. The van der Waals surface area contributed by atoms with Crippen LogP contribution in [0.1, 0.15) is 59.4 Å². The van der Waals surface area contributed by atoms with Gasteiger partial charge in [0, 0.05) is 24.8 Å². The smallest absolute Gasteiger partial charge is 0.273 e. The van der Waals surface area contributed by atoms with E-state index in [4.69, 9.17) is 4.74 Å². The molecule has 0 unspecified atom stereocenters. The molecule has 2 aliphatic rings. The van der Waals surface area contributed by atoms with Crippen LogP contribution in [0.15, 0.2) is 24.5 Å². The number of likely N-dealkylation sites (tertiary alicyclic amines) is 1. The lowest BCUT2D eigenvalue weighted by Crippen LogP contribution is -2.38. The number of rotatable bonds is 6. The number of amides is 2. The molecule has 2 aromatic rings. The molecule has 1 saturated heterocycles. The van der Waals surface area contributed by atoms with E-state index in [2.05, 4.69) is 20.6 Å². The molecule has 1 aliphatic carbocycles. The number of ether oxygens (including phenoxy) is 1. The summed E-state index contributed by atoms with van der Waals surface area (Å²) in [5.41, 5.74) is 0.861. The zero-order valence-electron chi connectivity index (χ0n) is 16.6. The largest absolute Gasteiger partial charge is 0.481 e. The summed E-state index contributed by atoms with van der Waals surface area (Å²) in [5.74, 6) is 0.249. The van der Waals surface area contributed by atoms with Crippen molar-refractivity contribution in [3.8, 4) is 5.88 Å². The molecule has 2 aromatic heterocycles. The number of nitrogens with one attached hydrogen (secondary N) is 1. The number of carbonyl (C=O) groups is 2. The van der Waals surface area contributed by atoms with Gasteiger partial charge in [-0.1, -0.05) is 18.1 Å². The van der Waals surface area contributed by atoms with E-state index in [0.29, 0.717) is 30.2 Å². The molecule has 9 nitrogen and oxygen atoms in total. The van der Waals surface area contributed by atoms with E-state index in [1.54, 1.807) is 30.1 Å². The summed E-state index contributed by atoms with van der Waals surface area (Å²) < 4.78 is 6.71. The monoisotopic (exact) mass is 398 g/mol. The van der Waals surface area contributed by atoms with Crippen molar-refractivity contribution < 1.29 is 14.3 Å². The first kappa shape index (κ1) is 19.4. The number of methoxy groups -OCH3 is 1. The number of nitrogens with zero attached hydrogens (tertiary/aromatic N) is 5. The maximum absolute atomic E-state index is 12.9. The molecule has 1 atom stereocenters. The van der Waals surface area contributed by atoms with Crippen LogP contribution in [0.25, 0.3) is 0 Å². The van der Waals surface area contributed by atoms with E-state index in [9.17, 15) is 9.59 Å². The van der Waals surface area contributed by atoms with Gasteiger partial charge in [0.15, 0.2) is 5.69 Å². The average Bonchev–Trinajstić information content (AvgIpc) is 3.50. The quantitative estimate of drug-likeness (QED) is 0.794. The number of carbonyl (C=O) groups excluding carboxylic acids is 2. The first-order valence-corrected chi connectivity index (χ1v) is 10.2. The summed E-state index contributed by atoms with van der Waals surface area (Å²) in [6.45, 7) is 1.21. The molecule has 154 valence electrons. The highest BCUT2D eigenvalue weighted by Gasteiger charge is 2.30. The van der Waals surface area contributed by atoms with Crippen LogP contribution >= 0.6 is 0 Å². The van der Waals surface area contributed by atoms with E-state index in [0.717, 1.165) is 38.5 Å². The molecule has 1 aliphatic heterocycles. The van der Waals surface area contributed by atoms with Gasteiger partial charge >= 0.3 is 0 Å². The summed E-state index contributed by atoms with van der Waals surface area (Å²) in [7, 11) is 1.54. The summed E-state index contributed by atoms with van der Waals surface area (Å²) >= 11 is 0. The van der Waals surface area contributed by atoms with E-state index in [1.165, 1.54) is 6.20 Å². The predicted molar refractivity (Wildman–Crippen MR) is 105 cm³/mol. The van der Waals surface area contributed by atoms with Crippen LogP contribution < -0.4 is 10.1 Å². The van der Waals surface area contributed by atoms with Gasteiger partial charge in [-0.25, -0.2) is 9.67 Å². The lowest BCUT2D eigenvalue weighted by Gasteiger charge is -2.24. The minimum absolute atomic E-state index is 0.0112. The van der Waals surface area contributed by atoms with Crippen molar-refractivity contribution in [1.29, 1.82) is 0 Å². The summed E-state index contributed by atoms with van der Waals surface area (Å²) in [6.07, 6.45) is 9.40. The van der Waals surface area contributed by atoms with Gasteiger partial charge in [-0.3, -0.25) is 9.59 Å². The molecule has 4 rings (SSSR count). The van der Waals surface area contributed by atoms with E-state index < -0.39 is 0 Å². The molecule has 0 bridgehead atoms. The highest BCUT2D eigenvalue weighted by atomic mass is 16.5. The minimum atomic E-state index is -0.174. The Balaban J connectivity index is 1.38. The third-order valence-corrected chi connectivity index (χ3v) is 5.69. The Morgan fingerprint density at radius 1 is 1.21 bits per heavy atom. The Morgan fingerprint density at radius 3 is 2.76 bits per heavy atom. The first-order valence-electron chi connectivity index (χ1n) is 10.2. The molecule has 9 heteroatoms. The van der Waals surface area contributed by atoms with Crippen molar-refractivity contribution in [2.45, 2.75) is 57.2 Å². The summed E-state index contributed by atoms with van der Waals surface area (Å²) in [4.78, 5) is 31.2. The highest BCUT2D eigenvalue weighted by molar-refractivity contribution is 5.94. The molecular formula is C20H26N6O3. The van der Waals surface area contributed by atoms with E-state index in [1.807, 2.05) is 4.90 Å². The lowest BCUT2D eigenvalue weighted by atomic mass is 10.2. The second kappa shape index (κ2) is 8.59. The highest BCUT2D eigenvalue weighted by Crippen LogP contribution is 2.22. The third kappa shape index (κ3) is 4.38. The number of pyridine rings is 1. The molecule has 29 heavy (non-hydrogen) atoms. The zero-order chi connectivity index (χ0) is 20.2. The molecule has 2 amide bonds. The van der Waals surface area contributed by atoms with E-state index >= 15 is 0 Å². The fraction of sp³-hybridized carbons (Fsp3) is 0.550. The standard InChI is InChI=1S/C20H26N6O3/c1-29-18-9-8-14(11-21-18)20(28)26-10-4-7-16(26)12-25-13-17(23-24-25)19(27)22-15-5-2-3-6-15/h8-9,11,13,15-16H,2-7,10,12H2,1H3,(H,22,27)/t16-/m0/s1. The fourth-order valence-electron chi connectivity index (χ4n) is 4.12. The van der Waals surface area contributed by atoms with Gasteiger partial charge in [-0.15, -0.1) is 5.10 Å². The number of hydrogen-bond donors (Lipinski definition) is 1. The number of hydrogen-bond acceptors (Lipinski definition) is 6. The first-order chi connectivity index (χ1) is 14.1. The van der Waals surface area contributed by atoms with Crippen molar-refractivity contribution in [1.82, 2.24) is 30.2 Å². The van der Waals surface area contributed by atoms with Gasteiger partial charge in [0.2, 0.25) is 5.88 Å².